The number of nitrogens with two attached hydrogens (primary N) is 1. The van der Waals surface area contributed by atoms with E-state index in [0.717, 1.165) is 6.42 Å². The van der Waals surface area contributed by atoms with Crippen molar-refractivity contribution in [1.29, 1.82) is 0 Å². The monoisotopic (exact) mass is 627 g/mol. The van der Waals surface area contributed by atoms with Crippen LogP contribution in [-0.2, 0) is 33.3 Å². The molecule has 4 N–H and O–H groups in total. The summed E-state index contributed by atoms with van der Waals surface area (Å²) >= 11 is 0. The molecule has 0 radical (unpaired) electrons. The third-order valence-corrected chi connectivity index (χ3v) is 7.90. The fourth-order valence-corrected chi connectivity index (χ4v) is 6.14. The molecule has 0 aromatic heterocycles. The van der Waals surface area contributed by atoms with E-state index in [2.05, 4.69) is 0 Å². The number of ether oxygens (including phenoxy) is 4. The number of carbonyl (C=O) groups is 5. The highest BCUT2D eigenvalue weighted by molar-refractivity contribution is 5.90. The summed E-state index contributed by atoms with van der Waals surface area (Å²) in [5.41, 5.74) is 4.68. The molecule has 14 nitrogen and oxygen atoms in total. The minimum absolute atomic E-state index is 0.00142. The van der Waals surface area contributed by atoms with E-state index in [0.29, 0.717) is 26.0 Å². The summed E-state index contributed by atoms with van der Waals surface area (Å²) < 4.78 is 22.1. The SMILES string of the molecule is CC(C)(C)OC(=O)N1C[C@@H]2CC(=O)CCO[C@H]2[C@H]1C(=O)CO.CC(C)(C)OC(=O)N1C[C@@H]2CC(N)CCO[C@H]2[C@H]1C(=O)CO. The maximum atomic E-state index is 12.4. The number of amides is 2. The van der Waals surface area contributed by atoms with Gasteiger partial charge in [0.2, 0.25) is 0 Å². The molecule has 4 aliphatic heterocycles. The van der Waals surface area contributed by atoms with E-state index >= 15 is 0 Å². The van der Waals surface area contributed by atoms with Crippen LogP contribution >= 0.6 is 0 Å². The third-order valence-electron chi connectivity index (χ3n) is 7.90. The van der Waals surface area contributed by atoms with E-state index in [1.54, 1.807) is 41.5 Å². The Bertz CT molecular complexity index is 1070. The number of nitrogens with zero attached hydrogens (tertiary/aromatic N) is 2. The van der Waals surface area contributed by atoms with Crippen molar-refractivity contribution in [3.63, 3.8) is 0 Å². The van der Waals surface area contributed by atoms with Gasteiger partial charge in [0.15, 0.2) is 11.6 Å². The molecule has 0 bridgehead atoms. The molecule has 4 fully saturated rings. The van der Waals surface area contributed by atoms with Crippen LogP contribution in [0.2, 0.25) is 0 Å². The number of likely N-dealkylation sites (tertiary alicyclic amines) is 2. The van der Waals surface area contributed by atoms with Gasteiger partial charge in [-0.1, -0.05) is 0 Å². The average Bonchev–Trinajstić information content (AvgIpc) is 3.31. The molecule has 0 aliphatic carbocycles. The van der Waals surface area contributed by atoms with Crippen molar-refractivity contribution in [2.24, 2.45) is 17.6 Å². The van der Waals surface area contributed by atoms with Crippen LogP contribution in [-0.4, -0.2) is 131 Å². The number of Topliss-reactive ketones (excluding diaryl/α,β-unsaturated/α-hetero) is 3. The zero-order valence-electron chi connectivity index (χ0n) is 26.7. The molecule has 0 aromatic rings. The van der Waals surface area contributed by atoms with E-state index in [-0.39, 0.29) is 43.2 Å². The van der Waals surface area contributed by atoms with Gasteiger partial charge in [-0.3, -0.25) is 24.2 Å². The summed E-state index contributed by atoms with van der Waals surface area (Å²) in [5, 5.41) is 18.4. The molecular weight excluding hydrogens is 578 g/mol. The number of hydrogen-bond acceptors (Lipinski definition) is 12. The van der Waals surface area contributed by atoms with Gasteiger partial charge in [0, 0.05) is 50.4 Å². The summed E-state index contributed by atoms with van der Waals surface area (Å²) in [7, 11) is 0. The minimum atomic E-state index is -0.893. The largest absolute Gasteiger partial charge is 0.444 e. The summed E-state index contributed by atoms with van der Waals surface area (Å²) in [6, 6.07) is -1.69. The lowest BCUT2D eigenvalue weighted by molar-refractivity contribution is -0.130. The van der Waals surface area contributed by atoms with E-state index in [1.165, 1.54) is 9.80 Å². The second kappa shape index (κ2) is 14.6. The first-order chi connectivity index (χ1) is 20.5. The number of ketones is 3. The lowest BCUT2D eigenvalue weighted by Gasteiger charge is -2.29. The van der Waals surface area contributed by atoms with Crippen LogP contribution in [0.5, 0.6) is 0 Å². The lowest BCUT2D eigenvalue weighted by Crippen LogP contribution is -2.48. The molecule has 4 heterocycles. The van der Waals surface area contributed by atoms with Crippen LogP contribution < -0.4 is 5.73 Å². The molecule has 4 rings (SSSR count). The number of rotatable bonds is 4. The quantitative estimate of drug-likeness (QED) is 0.398. The van der Waals surface area contributed by atoms with E-state index in [9.17, 15) is 34.2 Å². The lowest BCUT2D eigenvalue weighted by atomic mass is 9.93. The Morgan fingerprint density at radius 1 is 0.818 bits per heavy atom. The standard InChI is InChI=1S/C15H26N2O5.C15H23NO6/c1-15(2,3)22-14(20)17-7-9-6-10(16)4-5-21-13(9)12(17)11(19)8-18;1-15(2,3)22-14(20)16-7-9-6-10(18)4-5-21-13(9)12(16)11(19)8-17/h9-10,12-13,18H,4-8,16H2,1-3H3;9,12-13,17H,4-8H2,1-3H3/t9-,10?,12+,13+;9-,12+,13+/m00/s1. The number of aliphatic hydroxyl groups is 2. The summed E-state index contributed by atoms with van der Waals surface area (Å²) in [4.78, 5) is 63.3. The van der Waals surface area contributed by atoms with Crippen molar-refractivity contribution in [2.75, 3.05) is 39.5 Å². The molecule has 4 aliphatic rings. The van der Waals surface area contributed by atoms with Gasteiger partial charge in [0.05, 0.1) is 18.8 Å². The Balaban J connectivity index is 0.000000240. The molecule has 0 aromatic carbocycles. The Labute approximate surface area is 258 Å². The van der Waals surface area contributed by atoms with E-state index in [1.807, 2.05) is 0 Å². The highest BCUT2D eigenvalue weighted by Gasteiger charge is 2.51. The fraction of sp³-hybridized carbons (Fsp3) is 0.833. The molecule has 0 spiro atoms. The van der Waals surface area contributed by atoms with E-state index in [4.69, 9.17) is 24.7 Å². The molecule has 0 saturated carbocycles. The van der Waals surface area contributed by atoms with Gasteiger partial charge in [-0.15, -0.1) is 0 Å². The number of aliphatic hydroxyl groups excluding tert-OH is 2. The maximum Gasteiger partial charge on any atom is 0.411 e. The summed E-state index contributed by atoms with van der Waals surface area (Å²) in [5.74, 6) is -1.09. The normalized spacial score (nSPS) is 30.7. The van der Waals surface area contributed by atoms with Crippen LogP contribution in [0.1, 0.15) is 67.2 Å². The van der Waals surface area contributed by atoms with Crippen LogP contribution in [0.15, 0.2) is 0 Å². The van der Waals surface area contributed by atoms with Crippen molar-refractivity contribution in [2.45, 2.75) is 109 Å². The molecule has 1 unspecified atom stereocenters. The van der Waals surface area contributed by atoms with Crippen LogP contribution in [0.25, 0.3) is 0 Å². The molecule has 7 atom stereocenters. The van der Waals surface area contributed by atoms with E-state index < -0.39 is 72.5 Å². The van der Waals surface area contributed by atoms with Crippen molar-refractivity contribution < 1.29 is 53.1 Å². The van der Waals surface area contributed by atoms with Gasteiger partial charge in [0.1, 0.15) is 42.3 Å². The Morgan fingerprint density at radius 2 is 1.27 bits per heavy atom. The van der Waals surface area contributed by atoms with Crippen LogP contribution in [0.3, 0.4) is 0 Å². The molecule has 250 valence electrons. The van der Waals surface area contributed by atoms with Crippen molar-refractivity contribution >= 4 is 29.5 Å². The van der Waals surface area contributed by atoms with Crippen molar-refractivity contribution in [3.8, 4) is 0 Å². The van der Waals surface area contributed by atoms with Gasteiger partial charge in [-0.05, 0) is 54.4 Å². The van der Waals surface area contributed by atoms with Crippen molar-refractivity contribution in [3.05, 3.63) is 0 Å². The molecule has 2 amide bonds. The predicted molar refractivity (Wildman–Crippen MR) is 156 cm³/mol. The summed E-state index contributed by atoms with van der Waals surface area (Å²) in [6.07, 6.45) is -0.121. The van der Waals surface area contributed by atoms with Crippen LogP contribution in [0.4, 0.5) is 9.59 Å². The zero-order valence-corrected chi connectivity index (χ0v) is 26.7. The van der Waals surface area contributed by atoms with Gasteiger partial charge in [0.25, 0.3) is 0 Å². The molecule has 4 saturated heterocycles. The number of fused-ring (bicyclic) bond motifs is 2. The van der Waals surface area contributed by atoms with Crippen molar-refractivity contribution in [1.82, 2.24) is 9.80 Å². The second-order valence-electron chi connectivity index (χ2n) is 13.9. The highest BCUT2D eigenvalue weighted by atomic mass is 16.6. The predicted octanol–water partition coefficient (Wildman–Crippen LogP) is 0.821. The number of hydrogen-bond donors (Lipinski definition) is 3. The fourth-order valence-electron chi connectivity index (χ4n) is 6.14. The maximum absolute atomic E-state index is 12.4. The third kappa shape index (κ3) is 9.19. The molecule has 44 heavy (non-hydrogen) atoms. The van der Waals surface area contributed by atoms with Gasteiger partial charge in [-0.2, -0.15) is 0 Å². The topological polar surface area (TPSA) is 195 Å². The Morgan fingerprint density at radius 3 is 1.75 bits per heavy atom. The van der Waals surface area contributed by atoms with Gasteiger partial charge < -0.3 is 34.9 Å². The first kappa shape index (κ1) is 35.8. The average molecular weight is 628 g/mol. The first-order valence-electron chi connectivity index (χ1n) is 15.2. The Hall–Kier alpha value is -2.65. The molecule has 14 heteroatoms. The second-order valence-corrected chi connectivity index (χ2v) is 13.9. The highest BCUT2D eigenvalue weighted by Crippen LogP contribution is 2.35. The van der Waals surface area contributed by atoms with Gasteiger partial charge >= 0.3 is 12.2 Å². The van der Waals surface area contributed by atoms with Crippen LogP contribution in [0, 0.1) is 11.8 Å². The number of carbonyl (C=O) groups excluding carboxylic acids is 5. The first-order valence-corrected chi connectivity index (χ1v) is 15.2. The minimum Gasteiger partial charge on any atom is -0.444 e. The molecular formula is C30H49N3O11. The Kier molecular flexibility index (Phi) is 11.9. The smallest absolute Gasteiger partial charge is 0.411 e. The van der Waals surface area contributed by atoms with Gasteiger partial charge in [-0.25, -0.2) is 9.59 Å². The zero-order chi connectivity index (χ0) is 33.0. The summed E-state index contributed by atoms with van der Waals surface area (Å²) in [6.45, 7) is 10.5.